The van der Waals surface area contributed by atoms with Crippen molar-refractivity contribution in [2.24, 2.45) is 13.0 Å². The number of nitrogens with zero attached hydrogens (tertiary/aromatic N) is 2. The first-order valence-electron chi connectivity index (χ1n) is 6.97. The maximum atomic E-state index is 5.78. The highest BCUT2D eigenvalue weighted by Gasteiger charge is 2.24. The zero-order valence-corrected chi connectivity index (χ0v) is 11.7. The molecule has 4 nitrogen and oxygen atoms in total. The van der Waals surface area contributed by atoms with Crippen LogP contribution in [0.25, 0.3) is 0 Å². The minimum atomic E-state index is 0.426. The molecule has 0 aliphatic carbocycles. The predicted molar refractivity (Wildman–Crippen MR) is 72.5 cm³/mol. The lowest BCUT2D eigenvalue weighted by molar-refractivity contribution is -0.0241. The van der Waals surface area contributed by atoms with Crippen molar-refractivity contribution in [3.8, 4) is 0 Å². The van der Waals surface area contributed by atoms with Crippen LogP contribution in [0.2, 0.25) is 0 Å². The summed E-state index contributed by atoms with van der Waals surface area (Å²) in [6, 6.07) is 0.614. The highest BCUT2D eigenvalue weighted by Crippen LogP contribution is 2.20. The topological polar surface area (TPSA) is 39.1 Å². The van der Waals surface area contributed by atoms with Crippen molar-refractivity contribution in [1.82, 2.24) is 15.1 Å². The maximum absolute atomic E-state index is 5.78. The Balaban J connectivity index is 1.70. The van der Waals surface area contributed by atoms with E-state index in [9.17, 15) is 0 Å². The van der Waals surface area contributed by atoms with Crippen LogP contribution >= 0.6 is 0 Å². The molecule has 0 aromatic carbocycles. The van der Waals surface area contributed by atoms with Crippen molar-refractivity contribution >= 4 is 0 Å². The third-order valence-corrected chi connectivity index (χ3v) is 3.66. The van der Waals surface area contributed by atoms with Gasteiger partial charge in [-0.25, -0.2) is 0 Å². The number of aromatic nitrogens is 2. The summed E-state index contributed by atoms with van der Waals surface area (Å²) in [7, 11) is 1.96. The average molecular weight is 251 g/mol. The van der Waals surface area contributed by atoms with Crippen LogP contribution in [-0.2, 0) is 18.2 Å². The van der Waals surface area contributed by atoms with E-state index in [-0.39, 0.29) is 0 Å². The second-order valence-electron chi connectivity index (χ2n) is 5.60. The van der Waals surface area contributed by atoms with E-state index in [0.29, 0.717) is 18.1 Å². The van der Waals surface area contributed by atoms with Gasteiger partial charge >= 0.3 is 0 Å². The fourth-order valence-corrected chi connectivity index (χ4v) is 2.50. The van der Waals surface area contributed by atoms with Crippen molar-refractivity contribution in [2.75, 3.05) is 13.2 Å². The van der Waals surface area contributed by atoms with Gasteiger partial charge in [0, 0.05) is 25.9 Å². The van der Waals surface area contributed by atoms with Crippen molar-refractivity contribution in [1.29, 1.82) is 0 Å². The molecular weight excluding hydrogens is 226 g/mol. The zero-order chi connectivity index (χ0) is 13.0. The van der Waals surface area contributed by atoms with Gasteiger partial charge in [0.2, 0.25) is 0 Å². The lowest BCUT2D eigenvalue weighted by atomic mass is 9.95. The summed E-state index contributed by atoms with van der Waals surface area (Å²) in [5.74, 6) is 0.618. The summed E-state index contributed by atoms with van der Waals surface area (Å²) in [6.45, 7) is 6.40. The minimum Gasteiger partial charge on any atom is -0.378 e. The van der Waals surface area contributed by atoms with Gasteiger partial charge in [0.25, 0.3) is 0 Å². The fourth-order valence-electron chi connectivity index (χ4n) is 2.50. The summed E-state index contributed by atoms with van der Waals surface area (Å²) in [5, 5.41) is 7.83. The summed E-state index contributed by atoms with van der Waals surface area (Å²) < 4.78 is 7.64. The summed E-state index contributed by atoms with van der Waals surface area (Å²) in [6.07, 6.45) is 7.79. The van der Waals surface area contributed by atoms with Crippen LogP contribution < -0.4 is 5.32 Å². The molecule has 102 valence electrons. The number of aryl methyl sites for hydroxylation is 1. The van der Waals surface area contributed by atoms with Crippen LogP contribution in [0.5, 0.6) is 0 Å². The number of ether oxygens (including phenoxy) is 1. The number of hydrogen-bond donors (Lipinski definition) is 1. The fraction of sp³-hybridized carbons (Fsp3) is 0.786. The van der Waals surface area contributed by atoms with Gasteiger partial charge in [0.15, 0.2) is 0 Å². The molecule has 1 aliphatic heterocycles. The molecule has 0 saturated carbocycles. The minimum absolute atomic E-state index is 0.426. The first-order valence-corrected chi connectivity index (χ1v) is 6.97. The third-order valence-electron chi connectivity index (χ3n) is 3.66. The predicted octanol–water partition coefficient (Wildman–Crippen LogP) is 1.76. The summed E-state index contributed by atoms with van der Waals surface area (Å²) in [4.78, 5) is 0. The Morgan fingerprint density at radius 3 is 3.06 bits per heavy atom. The standard InChI is InChI=1S/C14H25N3O/c1-11(2)14-8-13(5-7-18-14)15-6-4-12-9-16-17(3)10-12/h9-11,13-15H,4-8H2,1-3H3. The summed E-state index contributed by atoms with van der Waals surface area (Å²) >= 11 is 0. The molecule has 1 N–H and O–H groups in total. The van der Waals surface area contributed by atoms with E-state index in [1.807, 2.05) is 17.9 Å². The Labute approximate surface area is 110 Å². The Bertz CT molecular complexity index is 362. The van der Waals surface area contributed by atoms with Crippen LogP contribution in [0.15, 0.2) is 12.4 Å². The van der Waals surface area contributed by atoms with Gasteiger partial charge in [-0.15, -0.1) is 0 Å². The average Bonchev–Trinajstić information content (AvgIpc) is 2.75. The molecule has 2 atom stereocenters. The van der Waals surface area contributed by atoms with Crippen molar-refractivity contribution in [2.45, 2.75) is 45.3 Å². The first-order chi connectivity index (χ1) is 8.65. The Hall–Kier alpha value is -0.870. The normalized spacial score (nSPS) is 24.7. The molecule has 0 spiro atoms. The quantitative estimate of drug-likeness (QED) is 0.866. The third kappa shape index (κ3) is 3.82. The molecule has 1 fully saturated rings. The molecule has 0 bridgehead atoms. The molecule has 0 amide bonds. The van der Waals surface area contributed by atoms with E-state index < -0.39 is 0 Å². The van der Waals surface area contributed by atoms with E-state index in [0.717, 1.165) is 32.4 Å². The van der Waals surface area contributed by atoms with Crippen molar-refractivity contribution in [3.05, 3.63) is 18.0 Å². The van der Waals surface area contributed by atoms with Crippen LogP contribution in [-0.4, -0.2) is 35.1 Å². The number of hydrogen-bond acceptors (Lipinski definition) is 3. The van der Waals surface area contributed by atoms with Gasteiger partial charge in [-0.3, -0.25) is 4.68 Å². The van der Waals surface area contributed by atoms with Crippen LogP contribution in [0.3, 0.4) is 0 Å². The molecule has 1 aromatic heterocycles. The monoisotopic (exact) mass is 251 g/mol. The van der Waals surface area contributed by atoms with Gasteiger partial charge in [-0.2, -0.15) is 5.10 Å². The summed E-state index contributed by atoms with van der Waals surface area (Å²) in [5.41, 5.74) is 1.30. The second-order valence-corrected chi connectivity index (χ2v) is 5.60. The molecule has 2 unspecified atom stereocenters. The Morgan fingerprint density at radius 2 is 2.39 bits per heavy atom. The molecule has 0 radical (unpaired) electrons. The molecule has 18 heavy (non-hydrogen) atoms. The van der Waals surface area contributed by atoms with Gasteiger partial charge in [-0.1, -0.05) is 13.8 Å². The van der Waals surface area contributed by atoms with Crippen molar-refractivity contribution in [3.63, 3.8) is 0 Å². The van der Waals surface area contributed by atoms with E-state index in [1.165, 1.54) is 5.56 Å². The van der Waals surface area contributed by atoms with E-state index >= 15 is 0 Å². The molecule has 2 rings (SSSR count). The lowest BCUT2D eigenvalue weighted by Gasteiger charge is -2.32. The Morgan fingerprint density at radius 1 is 1.56 bits per heavy atom. The smallest absolute Gasteiger partial charge is 0.0612 e. The molecule has 1 saturated heterocycles. The van der Waals surface area contributed by atoms with Crippen LogP contribution in [0.4, 0.5) is 0 Å². The Kier molecular flexibility index (Phi) is 4.78. The highest BCUT2D eigenvalue weighted by atomic mass is 16.5. The first kappa shape index (κ1) is 13.6. The molecule has 1 aliphatic rings. The van der Waals surface area contributed by atoms with E-state index in [4.69, 9.17) is 4.74 Å². The number of rotatable bonds is 5. The number of nitrogens with one attached hydrogen (secondary N) is 1. The molecular formula is C14H25N3O. The van der Waals surface area contributed by atoms with Gasteiger partial charge < -0.3 is 10.1 Å². The molecule has 4 heteroatoms. The van der Waals surface area contributed by atoms with Crippen LogP contribution in [0.1, 0.15) is 32.3 Å². The van der Waals surface area contributed by atoms with E-state index in [1.54, 1.807) is 0 Å². The van der Waals surface area contributed by atoms with Gasteiger partial charge in [0.05, 0.1) is 12.3 Å². The second kappa shape index (κ2) is 6.34. The van der Waals surface area contributed by atoms with Crippen LogP contribution in [0, 0.1) is 5.92 Å². The SMILES string of the molecule is CC(C)C1CC(NCCc2cnn(C)c2)CCO1. The maximum Gasteiger partial charge on any atom is 0.0612 e. The van der Waals surface area contributed by atoms with Gasteiger partial charge in [0.1, 0.15) is 0 Å². The molecule has 2 heterocycles. The molecule has 1 aromatic rings. The lowest BCUT2D eigenvalue weighted by Crippen LogP contribution is -2.41. The zero-order valence-electron chi connectivity index (χ0n) is 11.7. The largest absolute Gasteiger partial charge is 0.378 e. The highest BCUT2D eigenvalue weighted by molar-refractivity contribution is 5.03. The van der Waals surface area contributed by atoms with E-state index in [2.05, 4.69) is 30.5 Å². The van der Waals surface area contributed by atoms with Crippen molar-refractivity contribution < 1.29 is 4.74 Å². The van der Waals surface area contributed by atoms with Gasteiger partial charge in [-0.05, 0) is 37.3 Å².